The molecule has 3 heterocycles. The molecular formula is C16H25N5O5. The lowest BCUT2D eigenvalue weighted by molar-refractivity contribution is -0.0656. The molecule has 1 saturated heterocycles. The fraction of sp³-hybridized carbons (Fsp3) is 0.688. The van der Waals surface area contributed by atoms with Crippen molar-refractivity contribution in [3.05, 3.63) is 6.33 Å². The number of nitrogen functional groups attached to an aromatic ring is 1. The molecule has 0 aliphatic carbocycles. The second-order valence-electron chi connectivity index (χ2n) is 6.24. The van der Waals surface area contributed by atoms with Crippen molar-refractivity contribution in [1.29, 1.82) is 0 Å². The quantitative estimate of drug-likeness (QED) is 0.560. The van der Waals surface area contributed by atoms with Gasteiger partial charge in [0.2, 0.25) is 11.8 Å². The molecule has 1 aliphatic rings. The van der Waals surface area contributed by atoms with Crippen molar-refractivity contribution < 1.29 is 24.4 Å². The Morgan fingerprint density at radius 2 is 2.08 bits per heavy atom. The number of hydrogen-bond donors (Lipinski definition) is 3. The first-order valence-corrected chi connectivity index (χ1v) is 8.70. The van der Waals surface area contributed by atoms with Gasteiger partial charge in [0.1, 0.15) is 18.3 Å². The van der Waals surface area contributed by atoms with Crippen LogP contribution in [0, 0.1) is 0 Å². The minimum Gasteiger partial charge on any atom is -0.479 e. The van der Waals surface area contributed by atoms with Crippen molar-refractivity contribution >= 4 is 17.1 Å². The van der Waals surface area contributed by atoms with Crippen LogP contribution >= 0.6 is 0 Å². The van der Waals surface area contributed by atoms with E-state index in [4.69, 9.17) is 19.9 Å². The van der Waals surface area contributed by atoms with E-state index in [0.717, 1.165) is 19.3 Å². The third-order valence-corrected chi connectivity index (χ3v) is 4.39. The zero-order chi connectivity index (χ0) is 18.7. The summed E-state index contributed by atoms with van der Waals surface area (Å²) in [7, 11) is 1.46. The highest BCUT2D eigenvalue weighted by Crippen LogP contribution is 2.33. The fourth-order valence-electron chi connectivity index (χ4n) is 2.99. The van der Waals surface area contributed by atoms with Gasteiger partial charge in [-0.15, -0.1) is 0 Å². The Morgan fingerprint density at radius 3 is 2.81 bits per heavy atom. The maximum atomic E-state index is 10.4. The van der Waals surface area contributed by atoms with Crippen molar-refractivity contribution in [2.75, 3.05) is 26.1 Å². The molecule has 0 spiro atoms. The number of anilines is 1. The fourth-order valence-corrected chi connectivity index (χ4v) is 2.99. The summed E-state index contributed by atoms with van der Waals surface area (Å²) in [5.74, 6) is 0.245. The van der Waals surface area contributed by atoms with Crippen LogP contribution in [0.15, 0.2) is 6.33 Å². The van der Waals surface area contributed by atoms with Crippen LogP contribution in [-0.4, -0.2) is 68.4 Å². The summed E-state index contributed by atoms with van der Waals surface area (Å²) in [5.41, 5.74) is 6.46. The Morgan fingerprint density at radius 1 is 1.27 bits per heavy atom. The molecule has 0 saturated carbocycles. The number of aliphatic hydroxyl groups is 2. The lowest BCUT2D eigenvalue weighted by Gasteiger charge is -2.16. The van der Waals surface area contributed by atoms with E-state index in [1.165, 1.54) is 18.0 Å². The van der Waals surface area contributed by atoms with Gasteiger partial charge in [-0.2, -0.15) is 9.97 Å². The highest BCUT2D eigenvalue weighted by atomic mass is 16.6. The minimum absolute atomic E-state index is 0.0138. The normalized spacial score (nSPS) is 25.8. The van der Waals surface area contributed by atoms with Crippen LogP contribution in [0.1, 0.15) is 32.4 Å². The van der Waals surface area contributed by atoms with E-state index in [9.17, 15) is 10.2 Å². The SMILES string of the molecule is CCCCCOC[C@H]1O[C@@H](n2cnc3c(OC)nc(N)nc32)[C@@H](O)[C@@H]1O. The average Bonchev–Trinajstić information content (AvgIpc) is 3.16. The number of nitrogens with two attached hydrogens (primary N) is 1. The second kappa shape index (κ2) is 8.12. The molecule has 144 valence electrons. The van der Waals surface area contributed by atoms with Crippen molar-refractivity contribution in [2.24, 2.45) is 0 Å². The first kappa shape index (κ1) is 18.8. The third kappa shape index (κ3) is 3.58. The number of fused-ring (bicyclic) bond motifs is 1. The molecule has 4 atom stereocenters. The largest absolute Gasteiger partial charge is 0.479 e. The van der Waals surface area contributed by atoms with Crippen molar-refractivity contribution in [3.63, 3.8) is 0 Å². The van der Waals surface area contributed by atoms with E-state index in [2.05, 4.69) is 21.9 Å². The lowest BCUT2D eigenvalue weighted by atomic mass is 10.1. The second-order valence-corrected chi connectivity index (χ2v) is 6.24. The standard InChI is InChI=1S/C16H25N5O5/c1-3-4-5-6-25-7-9-11(22)12(23)15(26-9)21-8-18-10-13(21)19-16(17)20-14(10)24-2/h8-9,11-12,15,22-23H,3-7H2,1-2H3,(H2,17,19,20)/t9-,11-,12+,15-/m1/s1. The Bertz CT molecular complexity index is 739. The van der Waals surface area contributed by atoms with Crippen LogP contribution < -0.4 is 10.5 Å². The zero-order valence-corrected chi connectivity index (χ0v) is 14.9. The van der Waals surface area contributed by atoms with Gasteiger partial charge in [0.25, 0.3) is 0 Å². The van der Waals surface area contributed by atoms with Gasteiger partial charge in [0, 0.05) is 6.61 Å². The molecule has 26 heavy (non-hydrogen) atoms. The van der Waals surface area contributed by atoms with Gasteiger partial charge in [-0.25, -0.2) is 4.98 Å². The Labute approximate surface area is 150 Å². The van der Waals surface area contributed by atoms with Crippen LogP contribution in [0.4, 0.5) is 5.95 Å². The molecule has 10 heteroatoms. The molecule has 10 nitrogen and oxygen atoms in total. The molecule has 0 bridgehead atoms. The predicted octanol–water partition coefficient (Wildman–Crippen LogP) is 0.243. The maximum Gasteiger partial charge on any atom is 0.246 e. The highest BCUT2D eigenvalue weighted by molar-refractivity contribution is 5.77. The van der Waals surface area contributed by atoms with Crippen LogP contribution in [0.2, 0.25) is 0 Å². The number of hydrogen-bond acceptors (Lipinski definition) is 9. The van der Waals surface area contributed by atoms with Gasteiger partial charge in [-0.1, -0.05) is 19.8 Å². The summed E-state index contributed by atoms with van der Waals surface area (Å²) >= 11 is 0. The monoisotopic (exact) mass is 367 g/mol. The Hall–Kier alpha value is -2.01. The van der Waals surface area contributed by atoms with Crippen LogP contribution in [0.3, 0.4) is 0 Å². The molecule has 1 fully saturated rings. The molecule has 3 rings (SSSR count). The van der Waals surface area contributed by atoms with Gasteiger partial charge in [-0.3, -0.25) is 4.57 Å². The molecule has 1 aliphatic heterocycles. The average molecular weight is 367 g/mol. The molecule has 0 radical (unpaired) electrons. The minimum atomic E-state index is -1.15. The maximum absolute atomic E-state index is 10.4. The summed E-state index contributed by atoms with van der Waals surface area (Å²) in [6.07, 6.45) is 0.856. The van der Waals surface area contributed by atoms with Crippen LogP contribution in [0.25, 0.3) is 11.2 Å². The summed E-state index contributed by atoms with van der Waals surface area (Å²) in [4.78, 5) is 12.3. The number of unbranched alkanes of at least 4 members (excludes halogenated alkanes) is 2. The smallest absolute Gasteiger partial charge is 0.246 e. The van der Waals surface area contributed by atoms with E-state index < -0.39 is 24.5 Å². The predicted molar refractivity (Wildman–Crippen MR) is 92.6 cm³/mol. The van der Waals surface area contributed by atoms with Crippen LogP contribution in [-0.2, 0) is 9.47 Å². The van der Waals surface area contributed by atoms with E-state index >= 15 is 0 Å². The number of aliphatic hydroxyl groups excluding tert-OH is 2. The number of methoxy groups -OCH3 is 1. The van der Waals surface area contributed by atoms with Gasteiger partial charge in [0.15, 0.2) is 17.4 Å². The molecule has 0 aromatic carbocycles. The number of ether oxygens (including phenoxy) is 3. The van der Waals surface area contributed by atoms with Gasteiger partial charge >= 0.3 is 0 Å². The van der Waals surface area contributed by atoms with Crippen molar-refractivity contribution in [3.8, 4) is 5.88 Å². The van der Waals surface area contributed by atoms with E-state index in [1.54, 1.807) is 0 Å². The lowest BCUT2D eigenvalue weighted by Crippen LogP contribution is -2.33. The topological polar surface area (TPSA) is 138 Å². The van der Waals surface area contributed by atoms with Gasteiger partial charge in [0.05, 0.1) is 20.0 Å². The van der Waals surface area contributed by atoms with Crippen molar-refractivity contribution in [2.45, 2.75) is 50.7 Å². The van der Waals surface area contributed by atoms with Crippen LogP contribution in [0.5, 0.6) is 5.88 Å². The Balaban J connectivity index is 1.75. The van der Waals surface area contributed by atoms with Gasteiger partial charge < -0.3 is 30.2 Å². The van der Waals surface area contributed by atoms with E-state index in [-0.39, 0.29) is 18.4 Å². The summed E-state index contributed by atoms with van der Waals surface area (Å²) in [6, 6.07) is 0. The molecule has 0 amide bonds. The molecular weight excluding hydrogens is 342 g/mol. The van der Waals surface area contributed by atoms with E-state index in [0.29, 0.717) is 17.8 Å². The number of nitrogens with zero attached hydrogens (tertiary/aromatic N) is 4. The summed E-state index contributed by atoms with van der Waals surface area (Å²) in [5, 5.41) is 20.7. The number of rotatable bonds is 8. The van der Waals surface area contributed by atoms with Gasteiger partial charge in [-0.05, 0) is 6.42 Å². The number of aromatic nitrogens is 4. The van der Waals surface area contributed by atoms with Crippen molar-refractivity contribution in [1.82, 2.24) is 19.5 Å². The third-order valence-electron chi connectivity index (χ3n) is 4.39. The highest BCUT2D eigenvalue weighted by Gasteiger charge is 2.44. The molecule has 0 unspecified atom stereocenters. The first-order valence-electron chi connectivity index (χ1n) is 8.70. The Kier molecular flexibility index (Phi) is 5.87. The molecule has 2 aromatic rings. The first-order chi connectivity index (χ1) is 12.6. The zero-order valence-electron chi connectivity index (χ0n) is 14.9. The molecule has 2 aromatic heterocycles. The summed E-state index contributed by atoms with van der Waals surface area (Å²) in [6.45, 7) is 2.91. The number of imidazole rings is 1. The summed E-state index contributed by atoms with van der Waals surface area (Å²) < 4.78 is 18.0. The molecule has 4 N–H and O–H groups in total. The van der Waals surface area contributed by atoms with E-state index in [1.807, 2.05) is 0 Å².